The number of halogens is 2. The Hall–Kier alpha value is 0.110. The monoisotopic (exact) mass is 510 g/mol. The first-order valence-electron chi connectivity index (χ1n) is 8.45. The van der Waals surface area contributed by atoms with Crippen molar-refractivity contribution < 1.29 is 64.9 Å². The zero-order valence-electron chi connectivity index (χ0n) is 16.0. The van der Waals surface area contributed by atoms with Gasteiger partial charge in [-0.2, -0.15) is 11.1 Å². The average Bonchev–Trinajstić information content (AvgIpc) is 2.64. The molecule has 4 unspecified atom stereocenters. The lowest BCUT2D eigenvalue weighted by Crippen LogP contribution is -2.25. The molecule has 4 atom stereocenters. The van der Waals surface area contributed by atoms with Gasteiger partial charge in [0.1, 0.15) is 0 Å². The largest absolute Gasteiger partial charge is 0.472 e. The molecule has 0 spiro atoms. The predicted molar refractivity (Wildman–Crippen MR) is 96.9 cm³/mol. The zero-order chi connectivity index (χ0) is 23.3. The molecule has 0 bridgehead atoms. The van der Waals surface area contributed by atoms with Gasteiger partial charge in [-0.3, -0.25) is 22.6 Å². The van der Waals surface area contributed by atoms with Crippen LogP contribution in [-0.2, 0) is 36.3 Å². The summed E-state index contributed by atoms with van der Waals surface area (Å²) >= 11 is 0. The van der Waals surface area contributed by atoms with E-state index in [0.717, 1.165) is 0 Å². The Kier molecular flexibility index (Phi) is 15.1. The van der Waals surface area contributed by atoms with Crippen LogP contribution in [0.4, 0.5) is 8.96 Å². The summed E-state index contributed by atoms with van der Waals surface area (Å²) in [6, 6.07) is 0. The van der Waals surface area contributed by atoms with Gasteiger partial charge in [0, 0.05) is 19.0 Å². The third-order valence-corrected chi connectivity index (χ3v) is 5.78. The topological polar surface area (TPSA) is 202 Å². The summed E-state index contributed by atoms with van der Waals surface area (Å²) in [6.07, 6.45) is 0.461. The molecular formula is C11H27F2N2O12P3. The third-order valence-electron chi connectivity index (χ3n) is 3.33. The van der Waals surface area contributed by atoms with Crippen LogP contribution in [0.3, 0.4) is 0 Å². The highest BCUT2D eigenvalue weighted by Gasteiger charge is 2.27. The van der Waals surface area contributed by atoms with Gasteiger partial charge in [0.05, 0.1) is 33.0 Å². The molecule has 0 amide bonds. The van der Waals surface area contributed by atoms with Gasteiger partial charge < -0.3 is 19.6 Å². The molecule has 0 rings (SSSR count). The van der Waals surface area contributed by atoms with Crippen molar-refractivity contribution in [3.8, 4) is 0 Å². The minimum atomic E-state index is -4.83. The molecular weight excluding hydrogens is 483 g/mol. The van der Waals surface area contributed by atoms with Crippen molar-refractivity contribution in [3.63, 3.8) is 0 Å². The molecule has 19 heteroatoms. The standard InChI is InChI=1S/C11H27F2N2O12P3/c1-2-10(5-14-12)7-26-29(19,20)23-3-4-24-30(21,22)27-9-11(6-15-13)8-25-28(16,17)18/h10-11,14-15H,2-9H2,1H3,(H,19,20)(H,21,22)(H2,16,17,18). The summed E-state index contributed by atoms with van der Waals surface area (Å²) in [5.74, 6) is -1.44. The first kappa shape index (κ1) is 30.1. The number of phosphoric acid groups is 3. The van der Waals surface area contributed by atoms with Crippen LogP contribution < -0.4 is 11.1 Å². The molecule has 0 aromatic heterocycles. The molecule has 182 valence electrons. The summed E-state index contributed by atoms with van der Waals surface area (Å²) in [5.41, 5.74) is 2.61. The van der Waals surface area contributed by atoms with Gasteiger partial charge in [-0.25, -0.2) is 13.7 Å². The van der Waals surface area contributed by atoms with Crippen LogP contribution in [0.2, 0.25) is 0 Å². The minimum absolute atomic E-state index is 0.0945. The van der Waals surface area contributed by atoms with E-state index < -0.39 is 62.4 Å². The van der Waals surface area contributed by atoms with Gasteiger partial charge in [-0.15, -0.1) is 8.96 Å². The number of hydrogen-bond donors (Lipinski definition) is 6. The van der Waals surface area contributed by atoms with Gasteiger partial charge in [-0.1, -0.05) is 6.92 Å². The van der Waals surface area contributed by atoms with Crippen LogP contribution in [0, 0.1) is 11.8 Å². The number of nitrogens with one attached hydrogen (secondary N) is 2. The second-order valence-electron chi connectivity index (χ2n) is 5.80. The maximum Gasteiger partial charge on any atom is 0.472 e. The van der Waals surface area contributed by atoms with Gasteiger partial charge in [0.2, 0.25) is 0 Å². The van der Waals surface area contributed by atoms with Crippen LogP contribution in [0.15, 0.2) is 0 Å². The van der Waals surface area contributed by atoms with Gasteiger partial charge in [0.25, 0.3) is 0 Å². The summed E-state index contributed by atoms with van der Waals surface area (Å²) < 4.78 is 80.7. The van der Waals surface area contributed by atoms with Gasteiger partial charge in [-0.05, 0) is 12.3 Å². The summed E-state index contributed by atoms with van der Waals surface area (Å²) in [7, 11) is -14.0. The van der Waals surface area contributed by atoms with E-state index in [1.165, 1.54) is 11.1 Å². The van der Waals surface area contributed by atoms with E-state index in [4.69, 9.17) is 9.79 Å². The maximum atomic E-state index is 12.2. The second-order valence-corrected chi connectivity index (χ2v) is 9.94. The lowest BCUT2D eigenvalue weighted by molar-refractivity contribution is 0.0772. The molecule has 0 radical (unpaired) electrons. The van der Waals surface area contributed by atoms with Crippen molar-refractivity contribution in [1.82, 2.24) is 11.1 Å². The molecule has 0 aliphatic heterocycles. The average molecular weight is 510 g/mol. The summed E-state index contributed by atoms with van der Waals surface area (Å²) in [5, 5.41) is 0. The normalized spacial score (nSPS) is 18.5. The predicted octanol–water partition coefficient (Wildman–Crippen LogP) is 0.953. The molecule has 14 nitrogen and oxygen atoms in total. The molecule has 30 heavy (non-hydrogen) atoms. The molecule has 0 saturated carbocycles. The van der Waals surface area contributed by atoms with Crippen LogP contribution in [0.25, 0.3) is 0 Å². The van der Waals surface area contributed by atoms with E-state index >= 15 is 0 Å². The number of phosphoric ester groups is 3. The Balaban J connectivity index is 4.29. The summed E-state index contributed by atoms with van der Waals surface area (Å²) in [4.78, 5) is 36.2. The van der Waals surface area contributed by atoms with E-state index in [1.54, 1.807) is 6.92 Å². The van der Waals surface area contributed by atoms with Crippen LogP contribution in [-0.4, -0.2) is 65.7 Å². The molecule has 6 N–H and O–H groups in total. The molecule has 0 aromatic carbocycles. The van der Waals surface area contributed by atoms with Crippen LogP contribution >= 0.6 is 23.5 Å². The lowest BCUT2D eigenvalue weighted by Gasteiger charge is -2.19. The maximum absolute atomic E-state index is 12.2. The zero-order valence-corrected chi connectivity index (χ0v) is 18.6. The van der Waals surface area contributed by atoms with Crippen molar-refractivity contribution in [2.24, 2.45) is 11.8 Å². The Bertz CT molecular complexity index is 612. The molecule has 0 aliphatic rings. The molecule has 0 fully saturated rings. The Morgan fingerprint density at radius 1 is 0.733 bits per heavy atom. The fourth-order valence-corrected chi connectivity index (χ4v) is 3.65. The van der Waals surface area contributed by atoms with E-state index in [2.05, 4.69) is 22.6 Å². The van der Waals surface area contributed by atoms with Crippen LogP contribution in [0.1, 0.15) is 13.3 Å². The Morgan fingerprint density at radius 3 is 1.53 bits per heavy atom. The minimum Gasteiger partial charge on any atom is -0.303 e. The second kappa shape index (κ2) is 15.0. The quantitative estimate of drug-likeness (QED) is 0.0814. The highest BCUT2D eigenvalue weighted by atomic mass is 31.2. The Morgan fingerprint density at radius 2 is 1.13 bits per heavy atom. The van der Waals surface area contributed by atoms with Crippen molar-refractivity contribution in [1.29, 1.82) is 0 Å². The first-order chi connectivity index (χ1) is 13.8. The van der Waals surface area contributed by atoms with E-state index in [0.29, 0.717) is 6.42 Å². The lowest BCUT2D eigenvalue weighted by atomic mass is 10.1. The molecule has 0 heterocycles. The van der Waals surface area contributed by atoms with Crippen molar-refractivity contribution >= 4 is 23.5 Å². The molecule has 0 aromatic rings. The van der Waals surface area contributed by atoms with Crippen molar-refractivity contribution in [2.75, 3.05) is 46.1 Å². The van der Waals surface area contributed by atoms with E-state index in [-0.39, 0.29) is 19.1 Å². The fraction of sp³-hybridized carbons (Fsp3) is 1.00. The number of hydrogen-bond acceptors (Lipinski definition) is 10. The SMILES string of the molecule is CCC(CNF)COP(=O)(O)OCCOP(=O)(O)OCC(CNF)COP(=O)(O)O. The highest BCUT2D eigenvalue weighted by Crippen LogP contribution is 2.46. The van der Waals surface area contributed by atoms with E-state index in [9.17, 15) is 32.4 Å². The summed E-state index contributed by atoms with van der Waals surface area (Å²) in [6.45, 7) is -1.83. The van der Waals surface area contributed by atoms with Crippen molar-refractivity contribution in [3.05, 3.63) is 0 Å². The molecule has 0 saturated heterocycles. The Labute approximate surface area is 171 Å². The first-order valence-corrected chi connectivity index (χ1v) is 13.0. The van der Waals surface area contributed by atoms with Gasteiger partial charge in [0.15, 0.2) is 0 Å². The third kappa shape index (κ3) is 16.8. The smallest absolute Gasteiger partial charge is 0.303 e. The van der Waals surface area contributed by atoms with Crippen LogP contribution in [0.5, 0.6) is 0 Å². The molecule has 0 aliphatic carbocycles. The fourth-order valence-electron chi connectivity index (χ4n) is 1.69. The number of rotatable bonds is 19. The van der Waals surface area contributed by atoms with E-state index in [1.807, 2.05) is 0 Å². The highest BCUT2D eigenvalue weighted by molar-refractivity contribution is 7.47. The van der Waals surface area contributed by atoms with Gasteiger partial charge >= 0.3 is 23.5 Å². The van der Waals surface area contributed by atoms with Crippen molar-refractivity contribution in [2.45, 2.75) is 13.3 Å².